The van der Waals surface area contributed by atoms with Crippen molar-refractivity contribution in [3.05, 3.63) is 30.3 Å². The van der Waals surface area contributed by atoms with Crippen molar-refractivity contribution >= 4 is 15.8 Å². The fourth-order valence-electron chi connectivity index (χ4n) is 3.85. The average molecular weight is 307 g/mol. The number of piperidine rings is 2. The van der Waals surface area contributed by atoms with Crippen LogP contribution in [0.15, 0.2) is 35.2 Å². The van der Waals surface area contributed by atoms with Gasteiger partial charge in [-0.3, -0.25) is 4.79 Å². The first-order chi connectivity index (χ1) is 10.1. The second-order valence-electron chi connectivity index (χ2n) is 5.99. The van der Waals surface area contributed by atoms with Crippen LogP contribution in [0.25, 0.3) is 0 Å². The Hall–Kier alpha value is -1.20. The lowest BCUT2D eigenvalue weighted by molar-refractivity contribution is -0.130. The zero-order valence-corrected chi connectivity index (χ0v) is 13.1. The maximum atomic E-state index is 13.0. The van der Waals surface area contributed by atoms with Crippen molar-refractivity contribution in [1.29, 1.82) is 0 Å². The van der Waals surface area contributed by atoms with E-state index >= 15 is 0 Å². The summed E-state index contributed by atoms with van der Waals surface area (Å²) in [7, 11) is -3.51. The molecule has 2 aliphatic rings. The highest BCUT2D eigenvalue weighted by Crippen LogP contribution is 2.40. The maximum Gasteiger partial charge on any atom is 0.243 e. The molecule has 2 bridgehead atoms. The van der Waals surface area contributed by atoms with Gasteiger partial charge in [0.1, 0.15) is 5.78 Å². The van der Waals surface area contributed by atoms with Crippen molar-refractivity contribution in [1.82, 2.24) is 4.31 Å². The van der Waals surface area contributed by atoms with Crippen molar-refractivity contribution < 1.29 is 13.2 Å². The second-order valence-corrected chi connectivity index (χ2v) is 7.83. The Bertz CT molecular complexity index is 626. The number of ketones is 1. The van der Waals surface area contributed by atoms with E-state index in [9.17, 15) is 13.2 Å². The monoisotopic (exact) mass is 307 g/mol. The molecule has 1 aromatic rings. The molecule has 5 heteroatoms. The molecule has 2 saturated heterocycles. The molecule has 114 valence electrons. The van der Waals surface area contributed by atoms with Gasteiger partial charge in [0.15, 0.2) is 0 Å². The van der Waals surface area contributed by atoms with E-state index in [0.29, 0.717) is 11.3 Å². The van der Waals surface area contributed by atoms with E-state index in [4.69, 9.17) is 0 Å². The predicted octanol–water partition coefficient (Wildman–Crippen LogP) is 2.60. The average Bonchev–Trinajstić information content (AvgIpc) is 2.48. The minimum absolute atomic E-state index is 0.139. The molecule has 4 nitrogen and oxygen atoms in total. The molecule has 2 fully saturated rings. The topological polar surface area (TPSA) is 54.5 Å². The van der Waals surface area contributed by atoms with Crippen LogP contribution in [0.2, 0.25) is 0 Å². The standard InChI is InChI=1S/C16H21NO3S/c1-2-14-15-10-6-7-12(11-16(14)18)17(15)21(19,20)13-8-4-3-5-9-13/h3-5,8-9,12,14-15H,2,6-7,10-11H2,1H3/t12-,14+,15+/m1/s1. The summed E-state index contributed by atoms with van der Waals surface area (Å²) in [5, 5.41) is 0. The van der Waals surface area contributed by atoms with Gasteiger partial charge in [-0.2, -0.15) is 4.31 Å². The highest BCUT2D eigenvalue weighted by Gasteiger charge is 2.48. The first-order valence-electron chi connectivity index (χ1n) is 7.67. The van der Waals surface area contributed by atoms with Crippen LogP contribution < -0.4 is 0 Å². The summed E-state index contributed by atoms with van der Waals surface area (Å²) in [5.41, 5.74) is 0. The smallest absolute Gasteiger partial charge is 0.243 e. The van der Waals surface area contributed by atoms with E-state index in [1.54, 1.807) is 28.6 Å². The summed E-state index contributed by atoms with van der Waals surface area (Å²) in [5.74, 6) is 0.103. The first kappa shape index (κ1) is 14.7. The van der Waals surface area contributed by atoms with Gasteiger partial charge in [0, 0.05) is 24.4 Å². The summed E-state index contributed by atoms with van der Waals surface area (Å²) in [6.45, 7) is 1.98. The highest BCUT2D eigenvalue weighted by atomic mass is 32.2. The highest BCUT2D eigenvalue weighted by molar-refractivity contribution is 7.89. The minimum atomic E-state index is -3.51. The predicted molar refractivity (Wildman–Crippen MR) is 80.3 cm³/mol. The Morgan fingerprint density at radius 3 is 2.57 bits per heavy atom. The largest absolute Gasteiger partial charge is 0.299 e. The summed E-state index contributed by atoms with van der Waals surface area (Å²) in [4.78, 5) is 12.6. The normalized spacial score (nSPS) is 30.3. The third-order valence-corrected chi connectivity index (χ3v) is 6.79. The lowest BCUT2D eigenvalue weighted by Gasteiger charge is -2.47. The number of carbonyl (C=O) groups is 1. The molecule has 0 saturated carbocycles. The summed E-state index contributed by atoms with van der Waals surface area (Å²) >= 11 is 0. The fraction of sp³-hybridized carbons (Fsp3) is 0.562. The van der Waals surface area contributed by atoms with E-state index < -0.39 is 10.0 Å². The molecule has 2 aliphatic heterocycles. The zero-order chi connectivity index (χ0) is 15.0. The minimum Gasteiger partial charge on any atom is -0.299 e. The molecule has 3 atom stereocenters. The molecular weight excluding hydrogens is 286 g/mol. The van der Waals surface area contributed by atoms with E-state index in [1.165, 1.54) is 0 Å². The van der Waals surface area contributed by atoms with Crippen molar-refractivity contribution in [3.8, 4) is 0 Å². The molecular formula is C16H21NO3S. The Kier molecular flexibility index (Phi) is 3.88. The van der Waals surface area contributed by atoms with E-state index in [-0.39, 0.29) is 23.8 Å². The molecule has 0 spiro atoms. The molecule has 0 N–H and O–H groups in total. The number of fused-ring (bicyclic) bond motifs is 2. The van der Waals surface area contributed by atoms with Gasteiger partial charge >= 0.3 is 0 Å². The van der Waals surface area contributed by atoms with Crippen LogP contribution in [-0.4, -0.2) is 30.6 Å². The summed E-state index contributed by atoms with van der Waals surface area (Å²) in [6.07, 6.45) is 3.70. The van der Waals surface area contributed by atoms with Gasteiger partial charge in [-0.15, -0.1) is 0 Å². The number of carbonyl (C=O) groups excluding carboxylic acids is 1. The number of hydrogen-bond donors (Lipinski definition) is 0. The van der Waals surface area contributed by atoms with Crippen LogP contribution in [0, 0.1) is 5.92 Å². The van der Waals surface area contributed by atoms with Crippen LogP contribution in [0.1, 0.15) is 39.0 Å². The first-order valence-corrected chi connectivity index (χ1v) is 9.11. The van der Waals surface area contributed by atoms with Gasteiger partial charge in [-0.1, -0.05) is 31.5 Å². The van der Waals surface area contributed by atoms with Crippen LogP contribution >= 0.6 is 0 Å². The molecule has 21 heavy (non-hydrogen) atoms. The Morgan fingerprint density at radius 1 is 1.19 bits per heavy atom. The molecule has 0 aromatic heterocycles. The van der Waals surface area contributed by atoms with Gasteiger partial charge in [0.25, 0.3) is 0 Å². The Balaban J connectivity index is 2.02. The van der Waals surface area contributed by atoms with Gasteiger partial charge in [0.2, 0.25) is 10.0 Å². The van der Waals surface area contributed by atoms with Crippen LogP contribution in [0.4, 0.5) is 0 Å². The number of hydrogen-bond acceptors (Lipinski definition) is 3. The lowest BCUT2D eigenvalue weighted by atomic mass is 9.77. The number of Topliss-reactive ketones (excluding diaryl/α,β-unsaturated/α-hetero) is 1. The van der Waals surface area contributed by atoms with Gasteiger partial charge in [-0.05, 0) is 31.4 Å². The number of rotatable bonds is 3. The SMILES string of the molecule is CC[C@@H]1C(=O)C[C@H]2CCC[C@@H]1N2S(=O)(=O)c1ccccc1. The number of nitrogens with zero attached hydrogens (tertiary/aromatic N) is 1. The zero-order valence-electron chi connectivity index (χ0n) is 12.2. The molecule has 3 rings (SSSR count). The molecule has 0 amide bonds. The third kappa shape index (κ3) is 2.42. The van der Waals surface area contributed by atoms with E-state index in [1.807, 2.05) is 13.0 Å². The van der Waals surface area contributed by atoms with Crippen molar-refractivity contribution in [2.24, 2.45) is 5.92 Å². The Labute approximate surface area is 126 Å². The molecule has 2 heterocycles. The fourth-order valence-corrected chi connectivity index (χ4v) is 5.77. The van der Waals surface area contributed by atoms with E-state index in [2.05, 4.69) is 0 Å². The van der Waals surface area contributed by atoms with Crippen molar-refractivity contribution in [2.75, 3.05) is 0 Å². The molecule has 0 unspecified atom stereocenters. The van der Waals surface area contributed by atoms with Gasteiger partial charge in [-0.25, -0.2) is 8.42 Å². The van der Waals surface area contributed by atoms with Crippen molar-refractivity contribution in [3.63, 3.8) is 0 Å². The van der Waals surface area contributed by atoms with Gasteiger partial charge in [0.05, 0.1) is 4.90 Å². The van der Waals surface area contributed by atoms with Gasteiger partial charge < -0.3 is 0 Å². The summed E-state index contributed by atoms with van der Waals surface area (Å²) < 4.78 is 27.6. The van der Waals surface area contributed by atoms with Crippen LogP contribution in [0.5, 0.6) is 0 Å². The number of sulfonamides is 1. The quantitative estimate of drug-likeness (QED) is 0.862. The number of benzene rings is 1. The Morgan fingerprint density at radius 2 is 1.90 bits per heavy atom. The van der Waals surface area contributed by atoms with Crippen LogP contribution in [0.3, 0.4) is 0 Å². The maximum absolute atomic E-state index is 13.0. The summed E-state index contributed by atoms with van der Waals surface area (Å²) in [6, 6.07) is 8.29. The van der Waals surface area contributed by atoms with E-state index in [0.717, 1.165) is 25.7 Å². The second kappa shape index (κ2) is 5.54. The lowest BCUT2D eigenvalue weighted by Crippen LogP contribution is -2.58. The van der Waals surface area contributed by atoms with Crippen LogP contribution in [-0.2, 0) is 14.8 Å². The third-order valence-electron chi connectivity index (χ3n) is 4.80. The molecule has 0 aliphatic carbocycles. The van der Waals surface area contributed by atoms with Crippen molar-refractivity contribution in [2.45, 2.75) is 56.0 Å². The molecule has 1 aromatic carbocycles. The molecule has 0 radical (unpaired) electrons.